The summed E-state index contributed by atoms with van der Waals surface area (Å²) in [6.07, 6.45) is 8.56. The third kappa shape index (κ3) is 3.28. The zero-order valence-electron chi connectivity index (χ0n) is 13.4. The number of hydrogen-bond donors (Lipinski definition) is 1. The van der Waals surface area contributed by atoms with E-state index >= 15 is 0 Å². The Morgan fingerprint density at radius 3 is 3.00 bits per heavy atom. The molecule has 0 bridgehead atoms. The number of imidazole rings is 1. The monoisotopic (exact) mass is 293 g/mol. The van der Waals surface area contributed by atoms with Gasteiger partial charge in [-0.3, -0.25) is 4.79 Å². The lowest BCUT2D eigenvalue weighted by Gasteiger charge is -2.40. The molecule has 5 heteroatoms. The molecule has 1 heterocycles. The van der Waals surface area contributed by atoms with Gasteiger partial charge < -0.3 is 14.6 Å². The SMILES string of the molecule is CCNC1(C(=O)OCC)CCCC(n2ccnc2CC)C1. The Morgan fingerprint density at radius 2 is 2.33 bits per heavy atom. The van der Waals surface area contributed by atoms with Gasteiger partial charge in [-0.25, -0.2) is 4.98 Å². The minimum atomic E-state index is -0.539. The first kappa shape index (κ1) is 16.0. The number of rotatable bonds is 6. The minimum Gasteiger partial charge on any atom is -0.465 e. The van der Waals surface area contributed by atoms with Crippen LogP contribution in [0.15, 0.2) is 12.4 Å². The van der Waals surface area contributed by atoms with E-state index in [1.54, 1.807) is 0 Å². The highest BCUT2D eigenvalue weighted by Gasteiger charge is 2.44. The van der Waals surface area contributed by atoms with Crippen LogP contribution >= 0.6 is 0 Å². The third-order valence-corrected chi connectivity index (χ3v) is 4.36. The molecule has 1 saturated carbocycles. The molecule has 1 N–H and O–H groups in total. The Balaban J connectivity index is 2.22. The molecule has 1 aliphatic carbocycles. The van der Waals surface area contributed by atoms with E-state index in [2.05, 4.69) is 21.8 Å². The number of likely N-dealkylation sites (N-methyl/N-ethyl adjacent to an activating group) is 1. The van der Waals surface area contributed by atoms with Gasteiger partial charge in [-0.05, 0) is 39.2 Å². The third-order valence-electron chi connectivity index (χ3n) is 4.36. The highest BCUT2D eigenvalue weighted by Crippen LogP contribution is 2.37. The summed E-state index contributed by atoms with van der Waals surface area (Å²) in [5.74, 6) is 0.992. The molecule has 21 heavy (non-hydrogen) atoms. The van der Waals surface area contributed by atoms with E-state index in [1.807, 2.05) is 26.2 Å². The van der Waals surface area contributed by atoms with Gasteiger partial charge in [-0.1, -0.05) is 13.8 Å². The number of carbonyl (C=O) groups excluding carboxylic acids is 1. The Labute approximate surface area is 127 Å². The number of hydrogen-bond acceptors (Lipinski definition) is 4. The lowest BCUT2D eigenvalue weighted by atomic mass is 9.78. The van der Waals surface area contributed by atoms with Gasteiger partial charge >= 0.3 is 5.97 Å². The number of carbonyl (C=O) groups is 1. The molecule has 118 valence electrons. The van der Waals surface area contributed by atoms with Gasteiger partial charge in [0.1, 0.15) is 11.4 Å². The van der Waals surface area contributed by atoms with Gasteiger partial charge in [0.15, 0.2) is 0 Å². The van der Waals surface area contributed by atoms with E-state index in [0.29, 0.717) is 12.6 Å². The average Bonchev–Trinajstić information content (AvgIpc) is 2.96. The molecule has 0 radical (unpaired) electrons. The number of nitrogens with zero attached hydrogens (tertiary/aromatic N) is 2. The van der Waals surface area contributed by atoms with Gasteiger partial charge in [-0.2, -0.15) is 0 Å². The minimum absolute atomic E-state index is 0.102. The molecule has 2 atom stereocenters. The summed E-state index contributed by atoms with van der Waals surface area (Å²) in [5, 5.41) is 3.40. The predicted octanol–water partition coefficient (Wildman–Crippen LogP) is 2.47. The molecule has 2 rings (SSSR count). The van der Waals surface area contributed by atoms with Gasteiger partial charge in [0, 0.05) is 24.9 Å². The van der Waals surface area contributed by atoms with Gasteiger partial charge in [-0.15, -0.1) is 0 Å². The number of aryl methyl sites for hydroxylation is 1. The topological polar surface area (TPSA) is 56.1 Å². The molecule has 1 aliphatic rings. The van der Waals surface area contributed by atoms with Gasteiger partial charge in [0.25, 0.3) is 0 Å². The Morgan fingerprint density at radius 1 is 1.52 bits per heavy atom. The van der Waals surface area contributed by atoms with Crippen molar-refractivity contribution in [2.24, 2.45) is 0 Å². The van der Waals surface area contributed by atoms with Crippen molar-refractivity contribution in [3.05, 3.63) is 18.2 Å². The van der Waals surface area contributed by atoms with Crippen molar-refractivity contribution in [1.29, 1.82) is 0 Å². The molecular weight excluding hydrogens is 266 g/mol. The predicted molar refractivity (Wildman–Crippen MR) is 82.2 cm³/mol. The van der Waals surface area contributed by atoms with Crippen LogP contribution in [0.25, 0.3) is 0 Å². The van der Waals surface area contributed by atoms with Crippen LogP contribution in [0.1, 0.15) is 58.3 Å². The van der Waals surface area contributed by atoms with Crippen molar-refractivity contribution < 1.29 is 9.53 Å². The highest BCUT2D eigenvalue weighted by atomic mass is 16.5. The van der Waals surface area contributed by atoms with E-state index < -0.39 is 5.54 Å². The normalized spacial score (nSPS) is 25.8. The van der Waals surface area contributed by atoms with E-state index in [-0.39, 0.29) is 5.97 Å². The smallest absolute Gasteiger partial charge is 0.326 e. The van der Waals surface area contributed by atoms with Gasteiger partial charge in [0.2, 0.25) is 0 Å². The van der Waals surface area contributed by atoms with Crippen LogP contribution in [0.5, 0.6) is 0 Å². The van der Waals surface area contributed by atoms with Gasteiger partial charge in [0.05, 0.1) is 6.61 Å². The summed E-state index contributed by atoms with van der Waals surface area (Å²) >= 11 is 0. The Bertz CT molecular complexity index is 468. The maximum atomic E-state index is 12.5. The summed E-state index contributed by atoms with van der Waals surface area (Å²) < 4.78 is 7.57. The molecule has 5 nitrogen and oxygen atoms in total. The maximum Gasteiger partial charge on any atom is 0.326 e. The molecule has 0 aliphatic heterocycles. The van der Waals surface area contributed by atoms with Crippen molar-refractivity contribution in [2.75, 3.05) is 13.2 Å². The van der Waals surface area contributed by atoms with Crippen molar-refractivity contribution >= 4 is 5.97 Å². The number of aromatic nitrogens is 2. The van der Waals surface area contributed by atoms with Crippen LogP contribution in [0.2, 0.25) is 0 Å². The first-order valence-electron chi connectivity index (χ1n) is 8.10. The summed E-state index contributed by atoms with van der Waals surface area (Å²) in [6.45, 7) is 7.23. The molecule has 0 spiro atoms. The average molecular weight is 293 g/mol. The summed E-state index contributed by atoms with van der Waals surface area (Å²) in [7, 11) is 0. The fourth-order valence-corrected chi connectivity index (χ4v) is 3.46. The van der Waals surface area contributed by atoms with Crippen LogP contribution < -0.4 is 5.32 Å². The number of nitrogens with one attached hydrogen (secondary N) is 1. The second kappa shape index (κ2) is 7.07. The van der Waals surface area contributed by atoms with E-state index in [4.69, 9.17) is 4.74 Å². The van der Waals surface area contributed by atoms with Crippen LogP contribution in [0.3, 0.4) is 0 Å². The van der Waals surface area contributed by atoms with E-state index in [9.17, 15) is 4.79 Å². The van der Waals surface area contributed by atoms with Crippen LogP contribution in [0, 0.1) is 0 Å². The summed E-state index contributed by atoms with van der Waals surface area (Å²) in [5.41, 5.74) is -0.539. The number of ether oxygens (including phenoxy) is 1. The van der Waals surface area contributed by atoms with Crippen molar-refractivity contribution in [1.82, 2.24) is 14.9 Å². The Kier molecular flexibility index (Phi) is 5.39. The van der Waals surface area contributed by atoms with E-state index in [0.717, 1.165) is 44.5 Å². The standard InChI is InChI=1S/C16H27N3O2/c1-4-14-17-10-11-19(14)13-8-7-9-16(12-13,18-5-2)15(20)21-6-3/h10-11,13,18H,4-9,12H2,1-3H3. The highest BCUT2D eigenvalue weighted by molar-refractivity contribution is 5.81. The van der Waals surface area contributed by atoms with Crippen LogP contribution in [-0.4, -0.2) is 34.2 Å². The Hall–Kier alpha value is -1.36. The molecule has 0 saturated heterocycles. The lowest BCUT2D eigenvalue weighted by Crippen LogP contribution is -2.55. The molecular formula is C16H27N3O2. The van der Waals surface area contributed by atoms with Crippen LogP contribution in [-0.2, 0) is 16.0 Å². The first-order valence-corrected chi connectivity index (χ1v) is 8.10. The molecule has 1 fully saturated rings. The molecule has 2 unspecified atom stereocenters. The zero-order chi connectivity index (χ0) is 15.3. The first-order chi connectivity index (χ1) is 10.2. The zero-order valence-corrected chi connectivity index (χ0v) is 13.4. The molecule has 0 amide bonds. The fraction of sp³-hybridized carbons (Fsp3) is 0.750. The van der Waals surface area contributed by atoms with Crippen molar-refractivity contribution in [2.45, 2.75) is 64.5 Å². The van der Waals surface area contributed by atoms with E-state index in [1.165, 1.54) is 0 Å². The number of esters is 1. The van der Waals surface area contributed by atoms with Crippen LogP contribution in [0.4, 0.5) is 0 Å². The molecule has 0 aromatic carbocycles. The van der Waals surface area contributed by atoms with Crippen molar-refractivity contribution in [3.63, 3.8) is 0 Å². The summed E-state index contributed by atoms with van der Waals surface area (Å²) in [4.78, 5) is 16.9. The van der Waals surface area contributed by atoms with Crippen molar-refractivity contribution in [3.8, 4) is 0 Å². The quantitative estimate of drug-likeness (QED) is 0.819. The lowest BCUT2D eigenvalue weighted by molar-refractivity contribution is -0.153. The largest absolute Gasteiger partial charge is 0.465 e. The maximum absolute atomic E-state index is 12.5. The second-order valence-corrected chi connectivity index (χ2v) is 5.69. The second-order valence-electron chi connectivity index (χ2n) is 5.69. The molecule has 1 aromatic rings. The molecule has 1 aromatic heterocycles. The summed E-state index contributed by atoms with van der Waals surface area (Å²) in [6, 6.07) is 0.319. The fourth-order valence-electron chi connectivity index (χ4n) is 3.46.